The van der Waals surface area contributed by atoms with Crippen LogP contribution in [0.3, 0.4) is 0 Å². The van der Waals surface area contributed by atoms with E-state index >= 15 is 0 Å². The Bertz CT molecular complexity index is 242. The quantitative estimate of drug-likeness (QED) is 0.650. The third kappa shape index (κ3) is 2.65. The molecule has 0 amide bonds. The van der Waals surface area contributed by atoms with Crippen molar-refractivity contribution >= 4 is 34.5 Å². The van der Waals surface area contributed by atoms with Crippen molar-refractivity contribution < 1.29 is 0 Å². The molecule has 1 unspecified atom stereocenters. The summed E-state index contributed by atoms with van der Waals surface area (Å²) in [6, 6.07) is 2.01. The largest absolute Gasteiger partial charge is 0.132 e. The van der Waals surface area contributed by atoms with Crippen molar-refractivity contribution in [1.82, 2.24) is 0 Å². The summed E-state index contributed by atoms with van der Waals surface area (Å²) in [6.07, 6.45) is 0.984. The summed E-state index contributed by atoms with van der Waals surface area (Å²) in [7, 11) is 0. The fraction of sp³-hybridized carbons (Fsp3) is 0.556. The van der Waals surface area contributed by atoms with Gasteiger partial charge in [-0.3, -0.25) is 0 Å². The molecule has 0 aromatic carbocycles. The Labute approximate surface area is 87.5 Å². The van der Waals surface area contributed by atoms with Crippen LogP contribution in [-0.2, 0) is 0 Å². The van der Waals surface area contributed by atoms with Crippen LogP contribution in [0.25, 0.3) is 0 Å². The molecule has 1 heterocycles. The zero-order chi connectivity index (χ0) is 9.14. The predicted molar refractivity (Wildman–Crippen MR) is 57.4 cm³/mol. The second kappa shape index (κ2) is 4.50. The Balaban J connectivity index is 2.65. The molecule has 1 aromatic rings. The van der Waals surface area contributed by atoms with E-state index in [1.54, 1.807) is 11.3 Å². The molecule has 0 aliphatic rings. The van der Waals surface area contributed by atoms with Gasteiger partial charge in [0.05, 0.1) is 9.71 Å². The van der Waals surface area contributed by atoms with Gasteiger partial charge >= 0.3 is 0 Å². The van der Waals surface area contributed by atoms with Gasteiger partial charge in [0.25, 0.3) is 0 Å². The van der Waals surface area contributed by atoms with Gasteiger partial charge in [-0.25, -0.2) is 0 Å². The van der Waals surface area contributed by atoms with Crippen molar-refractivity contribution in [3.8, 4) is 0 Å². The lowest BCUT2D eigenvalue weighted by molar-refractivity contribution is 0.576. The van der Waals surface area contributed by atoms with Crippen molar-refractivity contribution in [2.75, 3.05) is 0 Å². The van der Waals surface area contributed by atoms with Crippen LogP contribution in [0, 0.1) is 5.92 Å². The second-order valence-electron chi connectivity index (χ2n) is 3.25. The average molecular weight is 223 g/mol. The first-order valence-corrected chi connectivity index (χ1v) is 5.67. The van der Waals surface area contributed by atoms with Gasteiger partial charge in [-0.15, -0.1) is 22.9 Å². The molecular weight excluding hydrogens is 211 g/mol. The van der Waals surface area contributed by atoms with Gasteiger partial charge in [-0.2, -0.15) is 0 Å². The van der Waals surface area contributed by atoms with Gasteiger partial charge in [0, 0.05) is 0 Å². The van der Waals surface area contributed by atoms with E-state index in [1.165, 1.54) is 0 Å². The smallest absolute Gasteiger partial charge is 0.0975 e. The number of hydrogen-bond acceptors (Lipinski definition) is 1. The molecule has 0 saturated carbocycles. The minimum Gasteiger partial charge on any atom is -0.132 e. The lowest BCUT2D eigenvalue weighted by atomic mass is 10.0. The summed E-state index contributed by atoms with van der Waals surface area (Å²) >= 11 is 13.7. The van der Waals surface area contributed by atoms with E-state index < -0.39 is 0 Å². The third-order valence-electron chi connectivity index (χ3n) is 1.66. The normalized spacial score (nSPS) is 13.8. The van der Waals surface area contributed by atoms with E-state index in [2.05, 4.69) is 13.8 Å². The highest BCUT2D eigenvalue weighted by Gasteiger charge is 2.13. The van der Waals surface area contributed by atoms with Crippen LogP contribution in [0.2, 0.25) is 4.34 Å². The van der Waals surface area contributed by atoms with E-state index in [0.29, 0.717) is 5.92 Å². The molecule has 0 saturated heterocycles. The maximum atomic E-state index is 6.17. The number of halogens is 2. The number of alkyl halides is 1. The van der Waals surface area contributed by atoms with Crippen LogP contribution in [0.4, 0.5) is 0 Å². The van der Waals surface area contributed by atoms with Crippen LogP contribution in [0.5, 0.6) is 0 Å². The summed E-state index contributed by atoms with van der Waals surface area (Å²) in [4.78, 5) is 0. The molecule has 0 N–H and O–H groups in total. The molecule has 12 heavy (non-hydrogen) atoms. The molecular formula is C9H12Cl2S. The minimum absolute atomic E-state index is 0.0729. The molecule has 0 bridgehead atoms. The Kier molecular flexibility index (Phi) is 3.88. The topological polar surface area (TPSA) is 0 Å². The van der Waals surface area contributed by atoms with Crippen LogP contribution >= 0.6 is 34.5 Å². The van der Waals surface area contributed by atoms with E-state index in [4.69, 9.17) is 23.2 Å². The van der Waals surface area contributed by atoms with Crippen molar-refractivity contribution in [2.45, 2.75) is 25.6 Å². The molecule has 0 radical (unpaired) electrons. The minimum atomic E-state index is 0.0729. The molecule has 1 atom stereocenters. The van der Waals surface area contributed by atoms with E-state index in [9.17, 15) is 0 Å². The molecule has 0 nitrogen and oxygen atoms in total. The Morgan fingerprint density at radius 1 is 1.50 bits per heavy atom. The van der Waals surface area contributed by atoms with Crippen LogP contribution in [0.15, 0.2) is 11.4 Å². The zero-order valence-corrected chi connectivity index (χ0v) is 9.51. The molecule has 0 fully saturated rings. The summed E-state index contributed by atoms with van der Waals surface area (Å²) in [5.74, 6) is 0.614. The first-order chi connectivity index (χ1) is 5.61. The predicted octanol–water partition coefficient (Wildman–Crippen LogP) is 4.73. The molecule has 1 aromatic heterocycles. The lowest BCUT2D eigenvalue weighted by Crippen LogP contribution is -1.95. The molecule has 0 aliphatic carbocycles. The van der Waals surface area contributed by atoms with Gasteiger partial charge < -0.3 is 0 Å². The standard InChI is InChI=1S/C9H12Cl2S/c1-6(2)5-8(10)7-3-4-12-9(7)11/h3-4,6,8H,5H2,1-2H3. The highest BCUT2D eigenvalue weighted by atomic mass is 35.5. The summed E-state index contributed by atoms with van der Waals surface area (Å²) in [5.41, 5.74) is 1.08. The molecule has 0 aliphatic heterocycles. The highest BCUT2D eigenvalue weighted by molar-refractivity contribution is 7.14. The molecule has 68 valence electrons. The molecule has 0 spiro atoms. The van der Waals surface area contributed by atoms with Gasteiger partial charge in [0.15, 0.2) is 0 Å². The average Bonchev–Trinajstić information content (AvgIpc) is 2.33. The van der Waals surface area contributed by atoms with Crippen LogP contribution < -0.4 is 0 Å². The SMILES string of the molecule is CC(C)CC(Cl)c1ccsc1Cl. The fourth-order valence-electron chi connectivity index (χ4n) is 1.07. The lowest BCUT2D eigenvalue weighted by Gasteiger charge is -2.10. The first kappa shape index (κ1) is 10.4. The molecule has 1 rings (SSSR count). The van der Waals surface area contributed by atoms with Gasteiger partial charge in [0.2, 0.25) is 0 Å². The zero-order valence-electron chi connectivity index (χ0n) is 7.18. The summed E-state index contributed by atoms with van der Waals surface area (Å²) in [6.45, 7) is 4.32. The van der Waals surface area contributed by atoms with Crippen molar-refractivity contribution in [3.63, 3.8) is 0 Å². The van der Waals surface area contributed by atoms with Crippen LogP contribution in [-0.4, -0.2) is 0 Å². The third-order valence-corrected chi connectivity index (χ3v) is 3.28. The Morgan fingerprint density at radius 2 is 2.17 bits per heavy atom. The monoisotopic (exact) mass is 222 g/mol. The Hall–Kier alpha value is 0.280. The maximum Gasteiger partial charge on any atom is 0.0975 e. The second-order valence-corrected chi connectivity index (χ2v) is 5.29. The fourth-order valence-corrected chi connectivity index (χ4v) is 2.76. The Morgan fingerprint density at radius 3 is 2.58 bits per heavy atom. The number of rotatable bonds is 3. The van der Waals surface area contributed by atoms with E-state index in [0.717, 1.165) is 16.3 Å². The van der Waals surface area contributed by atoms with Gasteiger partial charge in [-0.1, -0.05) is 25.4 Å². The first-order valence-electron chi connectivity index (χ1n) is 3.98. The van der Waals surface area contributed by atoms with Crippen LogP contribution in [0.1, 0.15) is 31.2 Å². The maximum absolute atomic E-state index is 6.17. The van der Waals surface area contributed by atoms with E-state index in [1.807, 2.05) is 11.4 Å². The van der Waals surface area contributed by atoms with Gasteiger partial charge in [0.1, 0.15) is 0 Å². The van der Waals surface area contributed by atoms with Gasteiger partial charge in [-0.05, 0) is 29.3 Å². The van der Waals surface area contributed by atoms with Crippen molar-refractivity contribution in [3.05, 3.63) is 21.3 Å². The number of thiophene rings is 1. The summed E-state index contributed by atoms with van der Waals surface area (Å²) < 4.78 is 0.829. The van der Waals surface area contributed by atoms with Crippen molar-refractivity contribution in [2.24, 2.45) is 5.92 Å². The number of hydrogen-bond donors (Lipinski definition) is 0. The highest BCUT2D eigenvalue weighted by Crippen LogP contribution is 2.35. The van der Waals surface area contributed by atoms with E-state index in [-0.39, 0.29) is 5.38 Å². The van der Waals surface area contributed by atoms with Crippen molar-refractivity contribution in [1.29, 1.82) is 0 Å². The summed E-state index contributed by atoms with van der Waals surface area (Å²) in [5, 5.41) is 2.05. The molecule has 3 heteroatoms.